The van der Waals surface area contributed by atoms with E-state index >= 15 is 0 Å². The molecule has 0 aromatic rings. The van der Waals surface area contributed by atoms with Gasteiger partial charge in [-0.1, -0.05) is 60.1 Å². The van der Waals surface area contributed by atoms with Crippen molar-refractivity contribution in [3.63, 3.8) is 0 Å². The molecule has 4 aliphatic rings. The van der Waals surface area contributed by atoms with Gasteiger partial charge in [0, 0.05) is 13.5 Å². The maximum Gasteiger partial charge on any atom is 0.306 e. The second-order valence-corrected chi connectivity index (χ2v) is 13.2. The lowest BCUT2D eigenvalue weighted by atomic mass is 9.47. The van der Waals surface area contributed by atoms with Crippen molar-refractivity contribution in [3.8, 4) is 0 Å². The Morgan fingerprint density at radius 2 is 1.82 bits per heavy atom. The zero-order valence-corrected chi connectivity index (χ0v) is 26.5. The molecule has 226 valence electrons. The van der Waals surface area contributed by atoms with E-state index in [1.165, 1.54) is 64.2 Å². The number of allylic oxidation sites excluding steroid dienone is 1. The summed E-state index contributed by atoms with van der Waals surface area (Å²) in [6, 6.07) is 0. The first-order valence-electron chi connectivity index (χ1n) is 16.1. The highest BCUT2D eigenvalue weighted by Gasteiger charge is 2.58. The van der Waals surface area contributed by atoms with Crippen molar-refractivity contribution in [3.05, 3.63) is 11.6 Å². The summed E-state index contributed by atoms with van der Waals surface area (Å²) in [5, 5.41) is 6.89. The van der Waals surface area contributed by atoms with E-state index in [0.29, 0.717) is 29.3 Å². The van der Waals surface area contributed by atoms with Crippen LogP contribution in [0.15, 0.2) is 11.6 Å². The largest absolute Gasteiger partial charge is 0.483 e. The summed E-state index contributed by atoms with van der Waals surface area (Å²) in [5.41, 5.74) is 2.66. The molecule has 0 saturated heterocycles. The lowest BCUT2D eigenvalue weighted by molar-refractivity contribution is -0.151. The molecule has 3 fully saturated rings. The molecule has 1 N–H and O–H groups in total. The fourth-order valence-electron chi connectivity index (χ4n) is 8.94. The molecule has 0 radical (unpaired) electrons. The van der Waals surface area contributed by atoms with E-state index < -0.39 is 0 Å². The van der Waals surface area contributed by atoms with Gasteiger partial charge in [0.2, 0.25) is 0 Å². The number of carbonyl (C=O) groups is 2. The molecule has 4 rings (SSSR count). The lowest BCUT2D eigenvalue weighted by Gasteiger charge is -2.58. The summed E-state index contributed by atoms with van der Waals surface area (Å²) in [6.45, 7) is 15.4. The average molecular weight is 549 g/mol. The average Bonchev–Trinajstić information content (AvgIpc) is 3.25. The van der Waals surface area contributed by atoms with E-state index in [1.807, 2.05) is 27.9 Å². The first-order valence-corrected chi connectivity index (χ1v) is 16.1. The fourth-order valence-corrected chi connectivity index (χ4v) is 8.94. The number of fused-ring (bicyclic) bond motifs is 5. The number of methoxy groups -OCH3 is 1. The van der Waals surface area contributed by atoms with Gasteiger partial charge in [0.25, 0.3) is 6.47 Å². The molecule has 5 heteroatoms. The van der Waals surface area contributed by atoms with Crippen LogP contribution in [-0.4, -0.2) is 36.9 Å². The number of hydrogen-bond donors (Lipinski definition) is 1. The van der Waals surface area contributed by atoms with Crippen LogP contribution in [0.4, 0.5) is 0 Å². The molecule has 3 saturated carbocycles. The van der Waals surface area contributed by atoms with Crippen LogP contribution in [0.25, 0.3) is 0 Å². The van der Waals surface area contributed by atoms with E-state index in [2.05, 4.69) is 33.8 Å². The molecular formula is C34H60O5. The van der Waals surface area contributed by atoms with E-state index in [9.17, 15) is 4.79 Å². The smallest absolute Gasteiger partial charge is 0.306 e. The summed E-state index contributed by atoms with van der Waals surface area (Å²) >= 11 is 0. The van der Waals surface area contributed by atoms with Crippen molar-refractivity contribution in [2.75, 3.05) is 7.11 Å². The van der Waals surface area contributed by atoms with Crippen LogP contribution in [-0.2, 0) is 19.1 Å². The first kappa shape index (κ1) is 33.8. The Hall–Kier alpha value is -1.36. The van der Waals surface area contributed by atoms with Gasteiger partial charge < -0.3 is 14.6 Å². The molecule has 0 aromatic heterocycles. The van der Waals surface area contributed by atoms with Crippen molar-refractivity contribution in [1.82, 2.24) is 0 Å². The quantitative estimate of drug-likeness (QED) is 0.177. The Kier molecular flexibility index (Phi) is 13.5. The highest BCUT2D eigenvalue weighted by Crippen LogP contribution is 2.66. The van der Waals surface area contributed by atoms with E-state index in [4.69, 9.17) is 19.4 Å². The topological polar surface area (TPSA) is 72.8 Å². The number of esters is 1. The van der Waals surface area contributed by atoms with Gasteiger partial charge in [-0.15, -0.1) is 0 Å². The number of carboxylic acid groups (broad SMARTS) is 1. The molecule has 4 aliphatic carbocycles. The maximum atomic E-state index is 12.1. The van der Waals surface area contributed by atoms with Gasteiger partial charge in [-0.3, -0.25) is 9.59 Å². The van der Waals surface area contributed by atoms with Crippen molar-refractivity contribution >= 4 is 12.4 Å². The predicted octanol–water partition coefficient (Wildman–Crippen LogP) is 8.85. The normalized spacial score (nSPS) is 35.5. The van der Waals surface area contributed by atoms with E-state index in [1.54, 1.807) is 5.57 Å². The second kappa shape index (κ2) is 15.6. The van der Waals surface area contributed by atoms with Crippen LogP contribution in [0.3, 0.4) is 0 Å². The summed E-state index contributed by atoms with van der Waals surface area (Å²) in [6.07, 6.45) is 18.8. The molecule has 5 nitrogen and oxygen atoms in total. The van der Waals surface area contributed by atoms with Crippen LogP contribution in [0.1, 0.15) is 132 Å². The second-order valence-electron chi connectivity index (χ2n) is 13.2. The molecular weight excluding hydrogens is 488 g/mol. The number of rotatable bonds is 9. The predicted molar refractivity (Wildman–Crippen MR) is 160 cm³/mol. The van der Waals surface area contributed by atoms with Gasteiger partial charge in [-0.2, -0.15) is 0 Å². The monoisotopic (exact) mass is 548 g/mol. The van der Waals surface area contributed by atoms with Gasteiger partial charge in [0.1, 0.15) is 6.10 Å². The highest BCUT2D eigenvalue weighted by molar-refractivity contribution is 5.69. The third-order valence-electron chi connectivity index (χ3n) is 11.1. The molecule has 0 aromatic carbocycles. The van der Waals surface area contributed by atoms with Gasteiger partial charge in [-0.05, 0) is 117 Å². The van der Waals surface area contributed by atoms with Crippen LogP contribution in [0, 0.1) is 40.4 Å². The molecule has 0 aliphatic heterocycles. The standard InChI is InChI=1S/C31H52O3.C2H6.CH2O2/c1-7-9-29(32)34-28(21(2)3)11-8-10-22-13-15-26-25-14-12-23-20-24(33-6)16-18-31(23,5)27(25)17-19-30(22,26)4;1-2;2-1-3/h12,21-22,24-28H,7-11,13-20H2,1-6H3;1-2H3;1H,(H,2,3). The minimum atomic E-state index is -0.250. The molecule has 0 spiro atoms. The summed E-state index contributed by atoms with van der Waals surface area (Å²) in [5.74, 6) is 3.90. The van der Waals surface area contributed by atoms with Gasteiger partial charge in [-0.25, -0.2) is 0 Å². The Bertz CT molecular complexity index is 790. The molecule has 0 bridgehead atoms. The molecule has 0 amide bonds. The lowest BCUT2D eigenvalue weighted by Crippen LogP contribution is -2.50. The van der Waals surface area contributed by atoms with Crippen LogP contribution in [0.2, 0.25) is 0 Å². The minimum absolute atomic E-state index is 0.00911. The van der Waals surface area contributed by atoms with Crippen molar-refractivity contribution in [2.24, 2.45) is 40.4 Å². The van der Waals surface area contributed by atoms with Crippen LogP contribution >= 0.6 is 0 Å². The molecule has 8 atom stereocenters. The minimum Gasteiger partial charge on any atom is -0.483 e. The van der Waals surface area contributed by atoms with Crippen LogP contribution < -0.4 is 0 Å². The maximum absolute atomic E-state index is 12.1. The summed E-state index contributed by atoms with van der Waals surface area (Å²) < 4.78 is 11.6. The fraction of sp³-hybridized carbons (Fsp3) is 0.882. The zero-order chi connectivity index (χ0) is 29.2. The highest BCUT2D eigenvalue weighted by atomic mass is 16.5. The summed E-state index contributed by atoms with van der Waals surface area (Å²) in [7, 11) is 1.89. The third-order valence-corrected chi connectivity index (χ3v) is 11.1. The molecule has 39 heavy (non-hydrogen) atoms. The SMILES string of the molecule is CC.CCCC(=O)OC(CCCC1CCC2C3CC=C4CC(OC)CCC4(C)C3CCC12C)C(C)C.O=CO. The van der Waals surface area contributed by atoms with Crippen molar-refractivity contribution in [2.45, 2.75) is 144 Å². The number of carbonyl (C=O) groups excluding carboxylic acids is 1. The Labute approximate surface area is 239 Å². The van der Waals surface area contributed by atoms with E-state index in [-0.39, 0.29) is 18.5 Å². The number of hydrogen-bond acceptors (Lipinski definition) is 4. The van der Waals surface area contributed by atoms with Crippen molar-refractivity contribution < 1.29 is 24.2 Å². The third kappa shape index (κ3) is 7.68. The first-order chi connectivity index (χ1) is 18.6. The van der Waals surface area contributed by atoms with Gasteiger partial charge in [0.15, 0.2) is 0 Å². The number of ether oxygens (including phenoxy) is 2. The molecule has 0 heterocycles. The van der Waals surface area contributed by atoms with E-state index in [0.717, 1.165) is 36.5 Å². The van der Waals surface area contributed by atoms with Crippen LogP contribution in [0.5, 0.6) is 0 Å². The Morgan fingerprint density at radius 3 is 2.44 bits per heavy atom. The Balaban J connectivity index is 0.000000998. The van der Waals surface area contributed by atoms with Gasteiger partial charge in [0.05, 0.1) is 6.10 Å². The molecule has 8 unspecified atom stereocenters. The summed E-state index contributed by atoms with van der Waals surface area (Å²) in [4.78, 5) is 20.4. The van der Waals surface area contributed by atoms with Crippen molar-refractivity contribution in [1.29, 1.82) is 0 Å². The van der Waals surface area contributed by atoms with Gasteiger partial charge >= 0.3 is 5.97 Å². The zero-order valence-electron chi connectivity index (χ0n) is 26.5. The Morgan fingerprint density at radius 1 is 1.13 bits per heavy atom.